The Morgan fingerprint density at radius 3 is 2.33 bits per heavy atom. The van der Waals surface area contributed by atoms with E-state index in [4.69, 9.17) is 0 Å². The van der Waals surface area contributed by atoms with Gasteiger partial charge in [-0.2, -0.15) is 0 Å². The summed E-state index contributed by atoms with van der Waals surface area (Å²) in [4.78, 5) is 42.8. The molecule has 2 heterocycles. The van der Waals surface area contributed by atoms with Crippen molar-refractivity contribution in [3.63, 3.8) is 0 Å². The normalized spacial score (nSPS) is 12.1. The van der Waals surface area contributed by atoms with Gasteiger partial charge in [0.25, 0.3) is 5.56 Å². The van der Waals surface area contributed by atoms with Crippen molar-refractivity contribution in [2.75, 3.05) is 5.32 Å². The fourth-order valence-corrected chi connectivity index (χ4v) is 4.52. The van der Waals surface area contributed by atoms with Gasteiger partial charge in [0, 0.05) is 17.5 Å². The van der Waals surface area contributed by atoms with Crippen LogP contribution in [0.4, 0.5) is 5.69 Å². The summed E-state index contributed by atoms with van der Waals surface area (Å²) in [5, 5.41) is 13.9. The predicted molar refractivity (Wildman–Crippen MR) is 119 cm³/mol. The Hall–Kier alpha value is -3.00. The third-order valence-electron chi connectivity index (χ3n) is 5.27. The van der Waals surface area contributed by atoms with Gasteiger partial charge in [0.2, 0.25) is 5.91 Å². The zero-order valence-corrected chi connectivity index (χ0v) is 18.3. The number of para-hydroxylation sites is 1. The molecule has 0 aliphatic rings. The number of nitrogens with one attached hydrogen (secondary N) is 1. The molecule has 0 spiro atoms. The second-order valence-corrected chi connectivity index (χ2v) is 7.87. The minimum atomic E-state index is -1.18. The molecule has 0 bridgehead atoms. The lowest BCUT2D eigenvalue weighted by Crippen LogP contribution is -2.35. The smallest absolute Gasteiger partial charge is 0.337 e. The Labute approximate surface area is 178 Å². The van der Waals surface area contributed by atoms with Gasteiger partial charge in [-0.3, -0.25) is 14.2 Å². The molecule has 30 heavy (non-hydrogen) atoms. The Morgan fingerprint density at radius 2 is 1.80 bits per heavy atom. The number of carboxylic acids is 1. The minimum Gasteiger partial charge on any atom is -0.478 e. The molecular formula is C22H25N3O4S. The van der Waals surface area contributed by atoms with Gasteiger partial charge in [-0.05, 0) is 30.9 Å². The van der Waals surface area contributed by atoms with Crippen LogP contribution in [0.2, 0.25) is 0 Å². The quantitative estimate of drug-likeness (QED) is 0.592. The van der Waals surface area contributed by atoms with Gasteiger partial charge in [-0.1, -0.05) is 39.0 Å². The number of thiophene rings is 1. The van der Waals surface area contributed by atoms with Gasteiger partial charge in [0.1, 0.15) is 16.7 Å². The second kappa shape index (κ2) is 8.79. The fraction of sp³-hybridized carbons (Fsp3) is 0.364. The first-order valence-corrected chi connectivity index (χ1v) is 10.9. The van der Waals surface area contributed by atoms with Crippen LogP contribution in [0.15, 0.2) is 28.4 Å². The highest BCUT2D eigenvalue weighted by Gasteiger charge is 2.25. The molecule has 0 radical (unpaired) electrons. The molecule has 7 nitrogen and oxygen atoms in total. The third-order valence-corrected chi connectivity index (χ3v) is 6.15. The lowest BCUT2D eigenvalue weighted by molar-refractivity contribution is -0.119. The zero-order valence-electron chi connectivity index (χ0n) is 17.5. The van der Waals surface area contributed by atoms with Crippen molar-refractivity contribution < 1.29 is 14.7 Å². The van der Waals surface area contributed by atoms with Gasteiger partial charge in [-0.15, -0.1) is 11.3 Å². The molecule has 0 aliphatic carbocycles. The standard InChI is InChI=1S/C22H25N3O4S/c1-5-13-9-8-10-14(6-2)18(13)24-19(26)12(4)25-16(7-3)23-20-17(21(25)27)15(11-30-20)22(28)29/h8-12H,5-7H2,1-4H3,(H,24,26)(H,28,29). The average molecular weight is 428 g/mol. The zero-order chi connectivity index (χ0) is 22.0. The highest BCUT2D eigenvalue weighted by molar-refractivity contribution is 7.17. The van der Waals surface area contributed by atoms with E-state index in [1.807, 2.05) is 39.0 Å². The van der Waals surface area contributed by atoms with Crippen molar-refractivity contribution in [1.29, 1.82) is 0 Å². The number of aryl methyl sites for hydroxylation is 3. The van der Waals surface area contributed by atoms with Gasteiger partial charge in [0.05, 0.1) is 10.9 Å². The predicted octanol–water partition coefficient (Wildman–Crippen LogP) is 4.04. The summed E-state index contributed by atoms with van der Waals surface area (Å²) in [6.45, 7) is 7.53. The van der Waals surface area contributed by atoms with Gasteiger partial charge >= 0.3 is 5.97 Å². The molecule has 158 valence electrons. The average Bonchev–Trinajstić information content (AvgIpc) is 3.17. The lowest BCUT2D eigenvalue weighted by atomic mass is 10.0. The summed E-state index contributed by atoms with van der Waals surface area (Å²) >= 11 is 1.12. The van der Waals surface area contributed by atoms with E-state index in [9.17, 15) is 19.5 Å². The van der Waals surface area contributed by atoms with Crippen LogP contribution in [0.25, 0.3) is 10.2 Å². The number of aromatic nitrogens is 2. The molecule has 3 aromatic rings. The monoisotopic (exact) mass is 427 g/mol. The molecule has 1 unspecified atom stereocenters. The summed E-state index contributed by atoms with van der Waals surface area (Å²) in [5.41, 5.74) is 2.25. The summed E-state index contributed by atoms with van der Waals surface area (Å²) in [7, 11) is 0. The van der Waals surface area contributed by atoms with E-state index in [0.717, 1.165) is 41.0 Å². The summed E-state index contributed by atoms with van der Waals surface area (Å²) in [5.74, 6) is -1.07. The Bertz CT molecular complexity index is 1160. The maximum Gasteiger partial charge on any atom is 0.337 e. The minimum absolute atomic E-state index is 0.0487. The van der Waals surface area contributed by atoms with Gasteiger partial charge < -0.3 is 10.4 Å². The number of hydrogen-bond acceptors (Lipinski definition) is 5. The van der Waals surface area contributed by atoms with Crippen LogP contribution in [0.1, 0.15) is 61.0 Å². The number of fused-ring (bicyclic) bond motifs is 1. The highest BCUT2D eigenvalue weighted by atomic mass is 32.1. The summed E-state index contributed by atoms with van der Waals surface area (Å²) < 4.78 is 1.32. The molecule has 2 N–H and O–H groups in total. The lowest BCUT2D eigenvalue weighted by Gasteiger charge is -2.21. The Morgan fingerprint density at radius 1 is 1.17 bits per heavy atom. The van der Waals surface area contributed by atoms with E-state index in [0.29, 0.717) is 17.1 Å². The van der Waals surface area contributed by atoms with Crippen LogP contribution >= 0.6 is 11.3 Å². The van der Waals surface area contributed by atoms with E-state index < -0.39 is 17.6 Å². The van der Waals surface area contributed by atoms with Crippen molar-refractivity contribution in [3.05, 3.63) is 56.4 Å². The Kier molecular flexibility index (Phi) is 6.36. The van der Waals surface area contributed by atoms with Crippen molar-refractivity contribution in [2.24, 2.45) is 0 Å². The van der Waals surface area contributed by atoms with E-state index in [2.05, 4.69) is 10.3 Å². The summed E-state index contributed by atoms with van der Waals surface area (Å²) in [6.07, 6.45) is 1.97. The van der Waals surface area contributed by atoms with Crippen molar-refractivity contribution in [1.82, 2.24) is 9.55 Å². The molecule has 0 saturated carbocycles. The number of carbonyl (C=O) groups excluding carboxylic acids is 1. The van der Waals surface area contributed by atoms with Crippen LogP contribution in [0.5, 0.6) is 0 Å². The molecule has 1 atom stereocenters. The second-order valence-electron chi connectivity index (χ2n) is 7.02. The largest absolute Gasteiger partial charge is 0.478 e. The SMILES string of the molecule is CCc1cccc(CC)c1NC(=O)C(C)n1c(CC)nc2scc(C(=O)O)c2c1=O. The number of carbonyl (C=O) groups is 2. The van der Waals surface area contributed by atoms with Crippen LogP contribution in [0, 0.1) is 0 Å². The summed E-state index contributed by atoms with van der Waals surface area (Å²) in [6, 6.07) is 5.07. The molecule has 1 amide bonds. The Balaban J connectivity index is 2.09. The van der Waals surface area contributed by atoms with E-state index in [-0.39, 0.29) is 16.9 Å². The molecule has 8 heteroatoms. The maximum absolute atomic E-state index is 13.2. The third kappa shape index (κ3) is 3.75. The van der Waals surface area contributed by atoms with Crippen LogP contribution < -0.4 is 10.9 Å². The molecule has 1 aromatic carbocycles. The number of nitrogens with zero attached hydrogens (tertiary/aromatic N) is 2. The molecular weight excluding hydrogens is 402 g/mol. The van der Waals surface area contributed by atoms with E-state index in [1.54, 1.807) is 6.92 Å². The number of amides is 1. The number of carboxylic acid groups (broad SMARTS) is 1. The first-order valence-electron chi connectivity index (χ1n) is 10.0. The first-order chi connectivity index (χ1) is 14.3. The van der Waals surface area contributed by atoms with Crippen molar-refractivity contribution >= 4 is 39.1 Å². The topological polar surface area (TPSA) is 101 Å². The van der Waals surface area contributed by atoms with Crippen LogP contribution in [-0.4, -0.2) is 26.5 Å². The highest BCUT2D eigenvalue weighted by Crippen LogP contribution is 2.26. The number of benzene rings is 1. The molecule has 0 aliphatic heterocycles. The van der Waals surface area contributed by atoms with Crippen molar-refractivity contribution in [2.45, 2.75) is 53.0 Å². The first kappa shape index (κ1) is 21.7. The van der Waals surface area contributed by atoms with Crippen molar-refractivity contribution in [3.8, 4) is 0 Å². The molecule has 3 rings (SSSR count). The number of hydrogen-bond donors (Lipinski definition) is 2. The maximum atomic E-state index is 13.2. The van der Waals surface area contributed by atoms with E-state index in [1.165, 1.54) is 9.95 Å². The van der Waals surface area contributed by atoms with Crippen LogP contribution in [-0.2, 0) is 24.1 Å². The van der Waals surface area contributed by atoms with Gasteiger partial charge in [0.15, 0.2) is 0 Å². The van der Waals surface area contributed by atoms with Crippen LogP contribution in [0.3, 0.4) is 0 Å². The van der Waals surface area contributed by atoms with Gasteiger partial charge in [-0.25, -0.2) is 9.78 Å². The molecule has 2 aromatic heterocycles. The molecule has 0 saturated heterocycles. The number of aromatic carboxylic acids is 1. The fourth-order valence-electron chi connectivity index (χ4n) is 3.60. The number of rotatable bonds is 7. The number of anilines is 1. The van der Waals surface area contributed by atoms with E-state index >= 15 is 0 Å². The molecule has 0 fully saturated rings.